The van der Waals surface area contributed by atoms with Gasteiger partial charge in [-0.25, -0.2) is 37.8 Å². The maximum Gasteiger partial charge on any atom is 0.469 e. The maximum atomic E-state index is 15.9. The fourth-order valence-electron chi connectivity index (χ4n) is 5.18. The molecular formula is C22H26F2N8O10P2S. The lowest BCUT2D eigenvalue weighted by molar-refractivity contribution is -0.0447. The van der Waals surface area contributed by atoms with Gasteiger partial charge in [0.25, 0.3) is 5.56 Å². The summed E-state index contributed by atoms with van der Waals surface area (Å²) in [7, 11) is -3.57. The van der Waals surface area contributed by atoms with Gasteiger partial charge in [-0.3, -0.25) is 22.9 Å². The number of nitrogens with zero attached hydrogens (tertiary/aromatic N) is 7. The number of halogens is 2. The summed E-state index contributed by atoms with van der Waals surface area (Å²) in [6, 6.07) is 0. The number of fused-ring (bicyclic) bond motifs is 2. The molecule has 0 bridgehead atoms. The number of imidazole rings is 1. The van der Waals surface area contributed by atoms with E-state index in [1.807, 2.05) is 0 Å². The molecular weight excluding hydrogens is 668 g/mol. The minimum atomic E-state index is -5.02. The van der Waals surface area contributed by atoms with Crippen molar-refractivity contribution in [1.29, 1.82) is 0 Å². The fourth-order valence-corrected chi connectivity index (χ4v) is 7.03. The van der Waals surface area contributed by atoms with Crippen LogP contribution >= 0.6 is 26.9 Å². The molecule has 18 nitrogen and oxygen atoms in total. The molecule has 6 heterocycles. The topological polar surface area (TPSA) is 230 Å². The van der Waals surface area contributed by atoms with Crippen molar-refractivity contribution in [3.05, 3.63) is 41.3 Å². The van der Waals surface area contributed by atoms with Crippen molar-refractivity contribution < 1.29 is 50.7 Å². The van der Waals surface area contributed by atoms with E-state index in [0.717, 1.165) is 17.1 Å². The summed E-state index contributed by atoms with van der Waals surface area (Å²) < 4.78 is 85.7. The number of aryl methyl sites for hydroxylation is 1. The van der Waals surface area contributed by atoms with Gasteiger partial charge in [0.05, 0.1) is 32.0 Å². The Kier molecular flexibility index (Phi) is 8.61. The smallest absolute Gasteiger partial charge is 0.382 e. The Hall–Kier alpha value is -2.84. The van der Waals surface area contributed by atoms with E-state index >= 15 is 4.39 Å². The van der Waals surface area contributed by atoms with Gasteiger partial charge in [0.15, 0.2) is 35.3 Å². The van der Waals surface area contributed by atoms with Crippen LogP contribution < -0.4 is 11.3 Å². The summed E-state index contributed by atoms with van der Waals surface area (Å²) in [4.78, 5) is 46.7. The number of rotatable bonds is 10. The Labute approximate surface area is 256 Å². The summed E-state index contributed by atoms with van der Waals surface area (Å²) in [5.41, 5.74) is 5.57. The average molecular weight is 695 g/mol. The Morgan fingerprint density at radius 3 is 2.62 bits per heavy atom. The number of nitrogen functional groups attached to an aromatic ring is 1. The van der Waals surface area contributed by atoms with Crippen LogP contribution in [0.1, 0.15) is 25.3 Å². The SMILES string of the molecule is Cn1cnc2c(c(F)cn2[C@H]2CC[C@@H](COP(=O)(S)O[C@H]3[C@@H](F)[C@H](n4cnc5c(N)ncnc54)O[C@@H]3COP(=O)(O)O)O2)c1=O. The maximum absolute atomic E-state index is 15.9. The molecule has 4 aromatic rings. The van der Waals surface area contributed by atoms with E-state index in [1.165, 1.54) is 28.8 Å². The van der Waals surface area contributed by atoms with E-state index in [9.17, 15) is 28.1 Å². The highest BCUT2D eigenvalue weighted by molar-refractivity contribution is 8.44. The molecule has 4 N–H and O–H groups in total. The van der Waals surface area contributed by atoms with E-state index in [-0.39, 0.29) is 34.6 Å². The second-order valence-corrected chi connectivity index (χ2v) is 14.4. The van der Waals surface area contributed by atoms with Crippen LogP contribution in [-0.2, 0) is 39.2 Å². The van der Waals surface area contributed by atoms with Crippen molar-refractivity contribution in [2.24, 2.45) is 7.05 Å². The molecule has 2 saturated heterocycles. The molecule has 0 aromatic carbocycles. The number of hydrogen-bond donors (Lipinski definition) is 4. The van der Waals surface area contributed by atoms with Crippen molar-refractivity contribution >= 4 is 54.9 Å². The Morgan fingerprint density at radius 1 is 1.09 bits per heavy atom. The van der Waals surface area contributed by atoms with E-state index in [2.05, 4.69) is 36.7 Å². The predicted octanol–water partition coefficient (Wildman–Crippen LogP) is 1.76. The Bertz CT molecular complexity index is 1900. The highest BCUT2D eigenvalue weighted by Gasteiger charge is 2.51. The van der Waals surface area contributed by atoms with Crippen LogP contribution in [0.15, 0.2) is 30.0 Å². The lowest BCUT2D eigenvalue weighted by Crippen LogP contribution is -2.33. The average Bonchev–Trinajstić information content (AvgIpc) is 3.74. The number of thiol groups is 1. The molecule has 0 amide bonds. The van der Waals surface area contributed by atoms with Crippen molar-refractivity contribution in [2.75, 3.05) is 18.9 Å². The lowest BCUT2D eigenvalue weighted by Gasteiger charge is -2.24. The molecule has 2 fully saturated rings. The first-order chi connectivity index (χ1) is 21.2. The molecule has 4 aromatic heterocycles. The molecule has 0 aliphatic carbocycles. The van der Waals surface area contributed by atoms with Gasteiger partial charge >= 0.3 is 14.6 Å². The highest BCUT2D eigenvalue weighted by Crippen LogP contribution is 2.57. The van der Waals surface area contributed by atoms with Crippen LogP contribution in [0.3, 0.4) is 0 Å². The van der Waals surface area contributed by atoms with Crippen molar-refractivity contribution in [2.45, 2.75) is 49.8 Å². The van der Waals surface area contributed by atoms with Gasteiger partial charge in [-0.2, -0.15) is 0 Å². The van der Waals surface area contributed by atoms with Gasteiger partial charge in [0, 0.05) is 13.2 Å². The number of ether oxygens (including phenoxy) is 2. The van der Waals surface area contributed by atoms with Crippen LogP contribution in [-0.4, -0.2) is 81.1 Å². The predicted molar refractivity (Wildman–Crippen MR) is 152 cm³/mol. The normalized spacial score (nSPS) is 27.1. The molecule has 2 aliphatic rings. The zero-order chi connectivity index (χ0) is 32.3. The Morgan fingerprint density at radius 2 is 1.87 bits per heavy atom. The van der Waals surface area contributed by atoms with Crippen LogP contribution in [0.25, 0.3) is 22.2 Å². The minimum Gasteiger partial charge on any atom is -0.382 e. The molecule has 7 atom stereocenters. The molecule has 6 rings (SSSR count). The van der Waals surface area contributed by atoms with Gasteiger partial charge in [0.1, 0.15) is 35.7 Å². The summed E-state index contributed by atoms with van der Waals surface area (Å²) in [5.74, 6) is -0.744. The van der Waals surface area contributed by atoms with Crippen LogP contribution in [0.2, 0.25) is 0 Å². The van der Waals surface area contributed by atoms with Crippen molar-refractivity contribution in [3.8, 4) is 0 Å². The number of anilines is 1. The first-order valence-corrected chi connectivity index (χ1v) is 17.4. The zero-order valence-corrected chi connectivity index (χ0v) is 25.8. The van der Waals surface area contributed by atoms with E-state index in [4.69, 9.17) is 24.3 Å². The first-order valence-electron chi connectivity index (χ1n) is 13.2. The Balaban J connectivity index is 1.14. The van der Waals surface area contributed by atoms with Crippen molar-refractivity contribution in [3.63, 3.8) is 0 Å². The van der Waals surface area contributed by atoms with Gasteiger partial charge in [-0.15, -0.1) is 0 Å². The third kappa shape index (κ3) is 6.42. The standard InChI is InChI=1S/C22H26F2N8O10P2S/c1-30-8-29-19-14(21(30)33)11(23)4-31(19)13-3-2-10(40-13)5-39-44(37,45)42-17-12(6-38-43(34,35)36)41-22(15(17)24)32-9-28-16-18(25)26-7-27-20(16)32/h4,7-10,12-13,15,17,22H,2-3,5-6H2,1H3,(H,37,45)(H2,25,26,27)(H2,34,35,36)/t10-,12+,13+,15+,17+,22+,44?/m0/s1. The van der Waals surface area contributed by atoms with Crippen molar-refractivity contribution in [1.82, 2.24) is 33.6 Å². The molecule has 2 aliphatic heterocycles. The molecule has 45 heavy (non-hydrogen) atoms. The van der Waals surface area contributed by atoms with Crippen LogP contribution in [0.4, 0.5) is 14.6 Å². The zero-order valence-electron chi connectivity index (χ0n) is 23.1. The van der Waals surface area contributed by atoms with Crippen LogP contribution in [0, 0.1) is 5.82 Å². The van der Waals surface area contributed by atoms with Gasteiger partial charge in [0.2, 0.25) is 0 Å². The summed E-state index contributed by atoms with van der Waals surface area (Å²) in [6.45, 7) is -5.57. The highest BCUT2D eigenvalue weighted by atomic mass is 32.7. The van der Waals surface area contributed by atoms with E-state index in [1.54, 1.807) is 0 Å². The summed E-state index contributed by atoms with van der Waals surface area (Å²) in [5, 5.41) is -0.189. The molecule has 0 radical (unpaired) electrons. The number of aromatic nitrogens is 7. The number of phosphoric acid groups is 1. The quantitative estimate of drug-likeness (QED) is 0.137. The van der Waals surface area contributed by atoms with E-state index < -0.39 is 69.5 Å². The third-order valence-corrected chi connectivity index (χ3v) is 9.36. The second kappa shape index (κ2) is 12.1. The van der Waals surface area contributed by atoms with Crippen LogP contribution in [0.5, 0.6) is 0 Å². The fraction of sp³-hybridized carbons (Fsp3) is 0.500. The molecule has 23 heteroatoms. The number of phosphoric ester groups is 1. The van der Waals surface area contributed by atoms with Gasteiger partial charge < -0.3 is 34.1 Å². The third-order valence-electron chi connectivity index (χ3n) is 7.26. The molecule has 244 valence electrons. The minimum absolute atomic E-state index is 0.0154. The van der Waals surface area contributed by atoms with Gasteiger partial charge in [-0.05, 0) is 12.8 Å². The summed E-state index contributed by atoms with van der Waals surface area (Å²) >= 11 is 3.96. The van der Waals surface area contributed by atoms with Gasteiger partial charge in [-0.1, -0.05) is 12.2 Å². The second-order valence-electron chi connectivity index (χ2n) is 10.2. The lowest BCUT2D eigenvalue weighted by atomic mass is 10.1. The first kappa shape index (κ1) is 32.1. The number of nitrogens with two attached hydrogens (primary N) is 1. The molecule has 1 unspecified atom stereocenters. The van der Waals surface area contributed by atoms with E-state index in [0.29, 0.717) is 12.8 Å². The number of alkyl halides is 1. The number of hydrogen-bond acceptors (Lipinski definition) is 13. The monoisotopic (exact) mass is 694 g/mol. The summed E-state index contributed by atoms with van der Waals surface area (Å²) in [6.07, 6.45) is -2.88. The molecule has 0 spiro atoms. The largest absolute Gasteiger partial charge is 0.469 e. The molecule has 0 saturated carbocycles.